The first kappa shape index (κ1) is 11.0. The molecule has 1 N–H and O–H groups in total. The monoisotopic (exact) mass is 186 g/mol. The van der Waals surface area contributed by atoms with Crippen molar-refractivity contribution in [3.05, 3.63) is 0 Å². The molecule has 13 heavy (non-hydrogen) atoms. The number of nitrogens with zero attached hydrogens (tertiary/aromatic N) is 1. The van der Waals surface area contributed by atoms with Crippen LogP contribution in [0.4, 0.5) is 0 Å². The number of nitrogens with one attached hydrogen (secondary N) is 1. The summed E-state index contributed by atoms with van der Waals surface area (Å²) < 4.78 is 6.01. The summed E-state index contributed by atoms with van der Waals surface area (Å²) in [6.07, 6.45) is 0.278. The van der Waals surface area contributed by atoms with Crippen LogP contribution >= 0.6 is 0 Å². The smallest absolute Gasteiger partial charge is 0.136 e. The highest BCUT2D eigenvalue weighted by Gasteiger charge is 2.45. The molecule has 3 nitrogen and oxygen atoms in total. The van der Waals surface area contributed by atoms with E-state index in [1.54, 1.807) is 0 Å². The van der Waals surface area contributed by atoms with Gasteiger partial charge < -0.3 is 4.74 Å². The molecule has 0 aliphatic carbocycles. The van der Waals surface area contributed by atoms with Crippen LogP contribution in [0.15, 0.2) is 0 Å². The van der Waals surface area contributed by atoms with Gasteiger partial charge in [0.05, 0.1) is 6.10 Å². The summed E-state index contributed by atoms with van der Waals surface area (Å²) in [7, 11) is 2.04. The first-order valence-electron chi connectivity index (χ1n) is 4.92. The molecule has 1 rings (SSSR count). The number of hydrazine groups is 1. The third-order valence-corrected chi connectivity index (χ3v) is 3.08. The highest BCUT2D eigenvalue weighted by molar-refractivity contribution is 4.89. The van der Waals surface area contributed by atoms with Crippen LogP contribution in [-0.4, -0.2) is 30.4 Å². The Morgan fingerprint density at radius 2 is 2.00 bits per heavy atom. The Kier molecular flexibility index (Phi) is 2.72. The molecule has 0 radical (unpaired) electrons. The largest absolute Gasteiger partial charge is 0.355 e. The summed E-state index contributed by atoms with van der Waals surface area (Å²) in [4.78, 5) is 0. The second-order valence-electron chi connectivity index (χ2n) is 5.08. The van der Waals surface area contributed by atoms with Gasteiger partial charge in [-0.25, -0.2) is 5.01 Å². The molecule has 2 atom stereocenters. The van der Waals surface area contributed by atoms with E-state index in [4.69, 9.17) is 4.74 Å². The lowest BCUT2D eigenvalue weighted by molar-refractivity contribution is -0.262. The molecule has 0 spiro atoms. The standard InChI is InChI=1S/C10H22N2O/c1-8-7-11-12(6)10(5,13-8)9(2,3)4/h8,11H,7H2,1-6H3. The molecule has 1 aliphatic rings. The van der Waals surface area contributed by atoms with Crippen molar-refractivity contribution in [2.24, 2.45) is 5.41 Å². The molecular formula is C10H22N2O. The number of rotatable bonds is 0. The fourth-order valence-corrected chi connectivity index (χ4v) is 1.61. The van der Waals surface area contributed by atoms with Gasteiger partial charge in [0.1, 0.15) is 5.72 Å². The Bertz CT molecular complexity index is 188. The molecule has 1 aliphatic heterocycles. The van der Waals surface area contributed by atoms with E-state index in [0.29, 0.717) is 0 Å². The van der Waals surface area contributed by atoms with Crippen molar-refractivity contribution in [1.82, 2.24) is 10.4 Å². The Balaban J connectivity index is 2.85. The van der Waals surface area contributed by atoms with Crippen molar-refractivity contribution >= 4 is 0 Å². The molecule has 1 fully saturated rings. The summed E-state index contributed by atoms with van der Waals surface area (Å²) in [5.74, 6) is 0. The minimum Gasteiger partial charge on any atom is -0.355 e. The second kappa shape index (κ2) is 3.23. The average Bonchev–Trinajstić information content (AvgIpc) is 1.95. The first-order chi connectivity index (χ1) is 5.77. The maximum absolute atomic E-state index is 6.01. The number of hydrogen-bond acceptors (Lipinski definition) is 3. The number of ether oxygens (including phenoxy) is 1. The molecule has 0 saturated carbocycles. The minimum atomic E-state index is -0.231. The van der Waals surface area contributed by atoms with Crippen LogP contribution in [0.25, 0.3) is 0 Å². The highest BCUT2D eigenvalue weighted by atomic mass is 16.5. The van der Waals surface area contributed by atoms with Gasteiger partial charge in [-0.15, -0.1) is 0 Å². The van der Waals surface area contributed by atoms with E-state index in [0.717, 1.165) is 6.54 Å². The molecular weight excluding hydrogens is 164 g/mol. The predicted molar refractivity (Wildman–Crippen MR) is 54.2 cm³/mol. The van der Waals surface area contributed by atoms with Gasteiger partial charge >= 0.3 is 0 Å². The van der Waals surface area contributed by atoms with Crippen LogP contribution in [-0.2, 0) is 4.74 Å². The maximum Gasteiger partial charge on any atom is 0.136 e. The minimum absolute atomic E-state index is 0.101. The topological polar surface area (TPSA) is 24.5 Å². The zero-order valence-corrected chi connectivity index (χ0v) is 9.64. The van der Waals surface area contributed by atoms with E-state index in [9.17, 15) is 0 Å². The lowest BCUT2D eigenvalue weighted by Gasteiger charge is -2.52. The summed E-state index contributed by atoms with van der Waals surface area (Å²) in [6, 6.07) is 0. The third-order valence-electron chi connectivity index (χ3n) is 3.08. The van der Waals surface area contributed by atoms with Gasteiger partial charge in [-0.3, -0.25) is 5.43 Å². The fraction of sp³-hybridized carbons (Fsp3) is 1.00. The van der Waals surface area contributed by atoms with Gasteiger partial charge in [0.25, 0.3) is 0 Å². The van der Waals surface area contributed by atoms with Crippen molar-refractivity contribution in [3.8, 4) is 0 Å². The van der Waals surface area contributed by atoms with Crippen molar-refractivity contribution in [1.29, 1.82) is 0 Å². The average molecular weight is 186 g/mol. The van der Waals surface area contributed by atoms with Crippen molar-refractivity contribution < 1.29 is 4.74 Å². The summed E-state index contributed by atoms with van der Waals surface area (Å²) in [5, 5.41) is 2.08. The Morgan fingerprint density at radius 3 is 2.38 bits per heavy atom. The van der Waals surface area contributed by atoms with Crippen molar-refractivity contribution in [2.75, 3.05) is 13.6 Å². The van der Waals surface area contributed by atoms with Crippen LogP contribution in [0.2, 0.25) is 0 Å². The molecule has 78 valence electrons. The van der Waals surface area contributed by atoms with Gasteiger partial charge in [0.2, 0.25) is 0 Å². The summed E-state index contributed by atoms with van der Waals surface area (Å²) in [5.41, 5.74) is 3.21. The normalized spacial score (nSPS) is 37.8. The van der Waals surface area contributed by atoms with Crippen molar-refractivity contribution in [3.63, 3.8) is 0 Å². The molecule has 2 unspecified atom stereocenters. The lowest BCUT2D eigenvalue weighted by atomic mass is 9.83. The van der Waals surface area contributed by atoms with Crippen LogP contribution in [0.1, 0.15) is 34.6 Å². The van der Waals surface area contributed by atoms with Crippen molar-refractivity contribution in [2.45, 2.75) is 46.4 Å². The Hall–Kier alpha value is -0.120. The molecule has 0 bridgehead atoms. The Morgan fingerprint density at radius 1 is 1.46 bits per heavy atom. The third kappa shape index (κ3) is 1.87. The van der Waals surface area contributed by atoms with E-state index >= 15 is 0 Å². The molecule has 0 amide bonds. The van der Waals surface area contributed by atoms with Crippen LogP contribution in [0.3, 0.4) is 0 Å². The summed E-state index contributed by atoms with van der Waals surface area (Å²) >= 11 is 0. The molecule has 0 aromatic heterocycles. The van der Waals surface area contributed by atoms with Gasteiger partial charge in [-0.1, -0.05) is 20.8 Å². The summed E-state index contributed by atoms with van der Waals surface area (Å²) in [6.45, 7) is 11.7. The Labute approximate surface area is 81.4 Å². The molecule has 1 heterocycles. The van der Waals surface area contributed by atoms with E-state index in [2.05, 4.69) is 45.1 Å². The maximum atomic E-state index is 6.01. The molecule has 3 heteroatoms. The van der Waals surface area contributed by atoms with Gasteiger partial charge in [0, 0.05) is 19.0 Å². The van der Waals surface area contributed by atoms with E-state index in [1.165, 1.54) is 0 Å². The quantitative estimate of drug-likeness (QED) is 0.622. The van der Waals surface area contributed by atoms with E-state index in [1.807, 2.05) is 7.05 Å². The predicted octanol–water partition coefficient (Wildman–Crippen LogP) is 1.60. The molecule has 0 aromatic rings. The van der Waals surface area contributed by atoms with E-state index in [-0.39, 0.29) is 17.2 Å². The number of hydrogen-bond donors (Lipinski definition) is 1. The van der Waals surface area contributed by atoms with Crippen LogP contribution < -0.4 is 5.43 Å². The van der Waals surface area contributed by atoms with E-state index < -0.39 is 0 Å². The highest BCUT2D eigenvalue weighted by Crippen LogP contribution is 2.37. The zero-order valence-electron chi connectivity index (χ0n) is 9.64. The lowest BCUT2D eigenvalue weighted by Crippen LogP contribution is -2.66. The SMILES string of the molecule is CC1CNN(C)C(C)(C(C)(C)C)O1. The van der Waals surface area contributed by atoms with Gasteiger partial charge in [-0.05, 0) is 13.8 Å². The zero-order chi connectivity index (χ0) is 10.3. The van der Waals surface area contributed by atoms with Crippen LogP contribution in [0, 0.1) is 5.41 Å². The molecule has 1 saturated heterocycles. The first-order valence-corrected chi connectivity index (χ1v) is 4.92. The molecule has 0 aromatic carbocycles. The fourth-order valence-electron chi connectivity index (χ4n) is 1.61. The second-order valence-corrected chi connectivity index (χ2v) is 5.08. The van der Waals surface area contributed by atoms with Gasteiger partial charge in [-0.2, -0.15) is 0 Å². The van der Waals surface area contributed by atoms with Crippen LogP contribution in [0.5, 0.6) is 0 Å². The van der Waals surface area contributed by atoms with Gasteiger partial charge in [0.15, 0.2) is 0 Å².